The Kier molecular flexibility index (Phi) is 5.59. The Balaban J connectivity index is 1.59. The van der Waals surface area contributed by atoms with E-state index in [1.54, 1.807) is 10.0 Å². The predicted octanol–water partition coefficient (Wildman–Crippen LogP) is 2.43. The number of hydrazine groups is 1. The van der Waals surface area contributed by atoms with Crippen LogP contribution in [0, 0.1) is 0 Å². The molecule has 2 amide bonds. The molecule has 0 bridgehead atoms. The number of carbonyl (C=O) groups is 3. The molecule has 1 aliphatic carbocycles. The number of methoxy groups -OCH3 is 1. The second-order valence-electron chi connectivity index (χ2n) is 7.03. The topological polar surface area (TPSA) is 66.9 Å². The van der Waals surface area contributed by atoms with E-state index in [4.69, 9.17) is 0 Å². The average Bonchev–Trinajstić information content (AvgIpc) is 3.34. The average molecular weight is 358 g/mol. The minimum atomic E-state index is -0.449. The van der Waals surface area contributed by atoms with Crippen LogP contribution in [-0.4, -0.2) is 48.0 Å². The Morgan fingerprint density at radius 3 is 2.31 bits per heavy atom. The maximum atomic E-state index is 13.2. The van der Waals surface area contributed by atoms with E-state index in [1.165, 1.54) is 7.11 Å². The van der Waals surface area contributed by atoms with Crippen LogP contribution in [0.4, 0.5) is 0 Å². The van der Waals surface area contributed by atoms with Crippen LogP contribution in [0.15, 0.2) is 30.3 Å². The number of amides is 2. The third kappa shape index (κ3) is 3.74. The molecule has 0 spiro atoms. The van der Waals surface area contributed by atoms with E-state index in [9.17, 15) is 14.4 Å². The normalized spacial score (nSPS) is 17.9. The summed E-state index contributed by atoms with van der Waals surface area (Å²) in [7, 11) is 1.36. The first kappa shape index (κ1) is 18.4. The van der Waals surface area contributed by atoms with Gasteiger partial charge in [-0.05, 0) is 37.7 Å². The summed E-state index contributed by atoms with van der Waals surface area (Å²) in [6.45, 7) is 1.19. The second kappa shape index (κ2) is 7.89. The predicted molar refractivity (Wildman–Crippen MR) is 95.9 cm³/mol. The summed E-state index contributed by atoms with van der Waals surface area (Å²) in [5.74, 6) is -0.248. The molecule has 0 aromatic heterocycles. The third-order valence-corrected chi connectivity index (χ3v) is 5.29. The summed E-state index contributed by atoms with van der Waals surface area (Å²) in [4.78, 5) is 36.9. The molecule has 1 aliphatic heterocycles. The first-order valence-electron chi connectivity index (χ1n) is 9.33. The molecule has 140 valence electrons. The summed E-state index contributed by atoms with van der Waals surface area (Å²) in [6, 6.07) is 9.86. The Labute approximate surface area is 154 Å². The SMILES string of the molecule is COC(=O)CCCCC(=O)N1CCCN1C(=O)C1(c2ccccc2)CC1. The van der Waals surface area contributed by atoms with Crippen molar-refractivity contribution in [2.45, 2.75) is 50.4 Å². The van der Waals surface area contributed by atoms with Gasteiger partial charge in [0.05, 0.1) is 12.5 Å². The molecule has 0 unspecified atom stereocenters. The molecule has 2 fully saturated rings. The lowest BCUT2D eigenvalue weighted by Gasteiger charge is -2.31. The fraction of sp³-hybridized carbons (Fsp3) is 0.550. The van der Waals surface area contributed by atoms with E-state index in [0.29, 0.717) is 38.8 Å². The van der Waals surface area contributed by atoms with E-state index in [-0.39, 0.29) is 17.8 Å². The zero-order chi connectivity index (χ0) is 18.6. The lowest BCUT2D eigenvalue weighted by atomic mass is 9.95. The number of hydrogen-bond donors (Lipinski definition) is 0. The molecular weight excluding hydrogens is 332 g/mol. The summed E-state index contributed by atoms with van der Waals surface area (Å²) >= 11 is 0. The fourth-order valence-electron chi connectivity index (χ4n) is 3.61. The van der Waals surface area contributed by atoms with Crippen LogP contribution in [0.3, 0.4) is 0 Å². The standard InChI is InChI=1S/C20H26N2O4/c1-26-18(24)11-6-5-10-17(23)21-14-7-15-22(21)19(25)20(12-13-20)16-8-3-2-4-9-16/h2-4,8-9H,5-7,10-15H2,1H3. The van der Waals surface area contributed by atoms with E-state index in [1.807, 2.05) is 30.3 Å². The van der Waals surface area contributed by atoms with Gasteiger partial charge in [0.1, 0.15) is 0 Å². The fourth-order valence-corrected chi connectivity index (χ4v) is 3.61. The Morgan fingerprint density at radius 2 is 1.65 bits per heavy atom. The smallest absolute Gasteiger partial charge is 0.305 e. The van der Waals surface area contributed by atoms with Crippen LogP contribution in [-0.2, 0) is 24.5 Å². The second-order valence-corrected chi connectivity index (χ2v) is 7.03. The van der Waals surface area contributed by atoms with Crippen molar-refractivity contribution in [1.82, 2.24) is 10.0 Å². The maximum Gasteiger partial charge on any atom is 0.305 e. The van der Waals surface area contributed by atoms with Gasteiger partial charge in [-0.3, -0.25) is 24.4 Å². The number of unbranched alkanes of at least 4 members (excludes halogenated alkanes) is 1. The van der Waals surface area contributed by atoms with Crippen molar-refractivity contribution in [3.05, 3.63) is 35.9 Å². The highest BCUT2D eigenvalue weighted by Crippen LogP contribution is 2.50. The van der Waals surface area contributed by atoms with E-state index in [0.717, 1.165) is 24.8 Å². The molecule has 6 heteroatoms. The van der Waals surface area contributed by atoms with Gasteiger partial charge >= 0.3 is 5.97 Å². The van der Waals surface area contributed by atoms with E-state index >= 15 is 0 Å². The highest BCUT2D eigenvalue weighted by atomic mass is 16.5. The summed E-state index contributed by atoms with van der Waals surface area (Å²) < 4.78 is 4.60. The van der Waals surface area contributed by atoms with Crippen LogP contribution in [0.1, 0.15) is 50.5 Å². The molecule has 1 saturated carbocycles. The Morgan fingerprint density at radius 1 is 1.00 bits per heavy atom. The molecule has 1 saturated heterocycles. The molecule has 0 N–H and O–H groups in total. The monoisotopic (exact) mass is 358 g/mol. The summed E-state index contributed by atoms with van der Waals surface area (Å²) in [6.07, 6.45) is 4.40. The number of nitrogens with zero attached hydrogens (tertiary/aromatic N) is 2. The highest BCUT2D eigenvalue weighted by Gasteiger charge is 2.54. The van der Waals surface area contributed by atoms with Gasteiger partial charge in [-0.15, -0.1) is 0 Å². The van der Waals surface area contributed by atoms with Gasteiger partial charge < -0.3 is 4.74 Å². The van der Waals surface area contributed by atoms with Crippen LogP contribution in [0.5, 0.6) is 0 Å². The number of benzene rings is 1. The van der Waals surface area contributed by atoms with Crippen molar-refractivity contribution >= 4 is 17.8 Å². The molecule has 2 aliphatic rings. The number of ether oxygens (including phenoxy) is 1. The van der Waals surface area contributed by atoms with Gasteiger partial charge in [-0.25, -0.2) is 0 Å². The van der Waals surface area contributed by atoms with Crippen LogP contribution in [0.25, 0.3) is 0 Å². The highest BCUT2D eigenvalue weighted by molar-refractivity contribution is 5.93. The molecule has 1 aromatic rings. The van der Waals surface area contributed by atoms with Crippen molar-refractivity contribution in [1.29, 1.82) is 0 Å². The van der Waals surface area contributed by atoms with Gasteiger partial charge in [0.2, 0.25) is 5.91 Å². The van der Waals surface area contributed by atoms with Gasteiger partial charge in [-0.2, -0.15) is 0 Å². The number of hydrogen-bond acceptors (Lipinski definition) is 4. The number of carbonyl (C=O) groups excluding carboxylic acids is 3. The first-order chi connectivity index (χ1) is 12.6. The number of rotatable bonds is 7. The lowest BCUT2D eigenvalue weighted by Crippen LogP contribution is -2.48. The molecule has 6 nitrogen and oxygen atoms in total. The van der Waals surface area contributed by atoms with Gasteiger partial charge in [0, 0.05) is 25.9 Å². The molecule has 0 radical (unpaired) electrons. The van der Waals surface area contributed by atoms with Crippen molar-refractivity contribution < 1.29 is 19.1 Å². The van der Waals surface area contributed by atoms with E-state index in [2.05, 4.69) is 4.74 Å². The third-order valence-electron chi connectivity index (χ3n) is 5.29. The number of esters is 1. The quantitative estimate of drug-likeness (QED) is 0.555. The summed E-state index contributed by atoms with van der Waals surface area (Å²) in [5.41, 5.74) is 0.594. The first-order valence-corrected chi connectivity index (χ1v) is 9.33. The van der Waals surface area contributed by atoms with Gasteiger partial charge in [0.15, 0.2) is 0 Å². The Bertz CT molecular complexity index is 670. The maximum absolute atomic E-state index is 13.2. The van der Waals surface area contributed by atoms with E-state index < -0.39 is 5.41 Å². The molecule has 0 atom stereocenters. The van der Waals surface area contributed by atoms with Crippen LogP contribution < -0.4 is 0 Å². The largest absolute Gasteiger partial charge is 0.469 e. The van der Waals surface area contributed by atoms with Gasteiger partial charge in [0.25, 0.3) is 5.91 Å². The minimum Gasteiger partial charge on any atom is -0.469 e. The zero-order valence-corrected chi connectivity index (χ0v) is 15.3. The van der Waals surface area contributed by atoms with Gasteiger partial charge in [-0.1, -0.05) is 30.3 Å². The molecule has 1 aromatic carbocycles. The lowest BCUT2D eigenvalue weighted by molar-refractivity contribution is -0.159. The summed E-state index contributed by atoms with van der Waals surface area (Å²) in [5, 5.41) is 3.27. The zero-order valence-electron chi connectivity index (χ0n) is 15.3. The Hall–Kier alpha value is -2.37. The molecule has 1 heterocycles. The molecular formula is C20H26N2O4. The van der Waals surface area contributed by atoms with Crippen molar-refractivity contribution in [3.63, 3.8) is 0 Å². The van der Waals surface area contributed by atoms with Crippen molar-refractivity contribution in [3.8, 4) is 0 Å². The molecule has 26 heavy (non-hydrogen) atoms. The van der Waals surface area contributed by atoms with Crippen LogP contribution >= 0.6 is 0 Å². The minimum absolute atomic E-state index is 0.0374. The van der Waals surface area contributed by atoms with Crippen molar-refractivity contribution in [2.24, 2.45) is 0 Å². The molecule has 3 rings (SSSR count). The van der Waals surface area contributed by atoms with Crippen molar-refractivity contribution in [2.75, 3.05) is 20.2 Å². The van der Waals surface area contributed by atoms with Crippen LogP contribution in [0.2, 0.25) is 0 Å².